The summed E-state index contributed by atoms with van der Waals surface area (Å²) in [7, 11) is 0. The van der Waals surface area contributed by atoms with E-state index in [1.165, 1.54) is 0 Å². The normalized spacial score (nSPS) is 13.0. The molecule has 0 spiro atoms. The van der Waals surface area contributed by atoms with Crippen molar-refractivity contribution in [3.05, 3.63) is 60.4 Å². The van der Waals surface area contributed by atoms with E-state index in [-0.39, 0.29) is 0 Å². The predicted molar refractivity (Wildman–Crippen MR) is 76.0 cm³/mol. The predicted octanol–water partition coefficient (Wildman–Crippen LogP) is 2.87. The molecule has 4 rings (SSSR count). The van der Waals surface area contributed by atoms with E-state index >= 15 is 0 Å². The van der Waals surface area contributed by atoms with Crippen LogP contribution in [0.1, 0.15) is 5.82 Å². The second-order valence-electron chi connectivity index (χ2n) is 4.71. The molecule has 4 heteroatoms. The molecule has 0 saturated carbocycles. The van der Waals surface area contributed by atoms with Gasteiger partial charge in [0.25, 0.3) is 0 Å². The van der Waals surface area contributed by atoms with E-state index in [2.05, 4.69) is 14.8 Å². The molecule has 0 amide bonds. The fourth-order valence-corrected chi connectivity index (χ4v) is 2.52. The lowest BCUT2D eigenvalue weighted by Gasteiger charge is -2.10. The molecule has 3 aromatic rings. The van der Waals surface area contributed by atoms with E-state index < -0.39 is 0 Å². The minimum Gasteiger partial charge on any atom is -0.491 e. The van der Waals surface area contributed by atoms with Crippen molar-refractivity contribution in [1.29, 1.82) is 0 Å². The Balaban J connectivity index is 1.98. The van der Waals surface area contributed by atoms with Gasteiger partial charge in [0.15, 0.2) is 5.82 Å². The van der Waals surface area contributed by atoms with E-state index in [4.69, 9.17) is 4.74 Å². The zero-order valence-corrected chi connectivity index (χ0v) is 10.9. The van der Waals surface area contributed by atoms with Crippen molar-refractivity contribution >= 4 is 0 Å². The van der Waals surface area contributed by atoms with Gasteiger partial charge in [0, 0.05) is 12.0 Å². The highest BCUT2D eigenvalue weighted by atomic mass is 16.5. The lowest BCUT2D eigenvalue weighted by molar-refractivity contribution is 0.325. The fourth-order valence-electron chi connectivity index (χ4n) is 2.52. The topological polar surface area (TPSA) is 39.9 Å². The van der Waals surface area contributed by atoms with Crippen LogP contribution in [0.15, 0.2) is 54.6 Å². The summed E-state index contributed by atoms with van der Waals surface area (Å²) in [5, 5.41) is 8.69. The zero-order valence-electron chi connectivity index (χ0n) is 10.9. The molecule has 0 saturated heterocycles. The first kappa shape index (κ1) is 11.2. The van der Waals surface area contributed by atoms with Crippen LogP contribution in [0.25, 0.3) is 17.1 Å². The third-order valence-corrected chi connectivity index (χ3v) is 3.45. The molecular formula is C16H13N3O. The molecule has 0 radical (unpaired) electrons. The standard InChI is InChI=1S/C16H13N3O/c1-2-6-12(7-3-1)16-18-17-15-10-11-20-14-9-5-4-8-13(14)19(15)16/h1-9H,10-11H2. The second-order valence-corrected chi connectivity index (χ2v) is 4.71. The fraction of sp³-hybridized carbons (Fsp3) is 0.125. The SMILES string of the molecule is c1ccc(-c2nnc3n2-c2ccccc2OCC3)cc1. The molecule has 1 aliphatic rings. The van der Waals surface area contributed by atoms with Crippen LogP contribution in [0, 0.1) is 0 Å². The summed E-state index contributed by atoms with van der Waals surface area (Å²) >= 11 is 0. The van der Waals surface area contributed by atoms with Gasteiger partial charge in [-0.15, -0.1) is 10.2 Å². The summed E-state index contributed by atoms with van der Waals surface area (Å²) in [6.45, 7) is 0.629. The van der Waals surface area contributed by atoms with Gasteiger partial charge < -0.3 is 4.74 Å². The smallest absolute Gasteiger partial charge is 0.168 e. The molecule has 2 aromatic carbocycles. The maximum absolute atomic E-state index is 5.79. The summed E-state index contributed by atoms with van der Waals surface area (Å²) in [6.07, 6.45) is 0.758. The van der Waals surface area contributed by atoms with Gasteiger partial charge in [0.1, 0.15) is 11.6 Å². The lowest BCUT2D eigenvalue weighted by atomic mass is 10.2. The van der Waals surface area contributed by atoms with E-state index in [0.717, 1.165) is 35.1 Å². The lowest BCUT2D eigenvalue weighted by Crippen LogP contribution is -2.02. The van der Waals surface area contributed by atoms with Crippen molar-refractivity contribution in [1.82, 2.24) is 14.8 Å². The summed E-state index contributed by atoms with van der Waals surface area (Å²) in [5.74, 6) is 2.68. The Morgan fingerprint density at radius 1 is 0.900 bits per heavy atom. The van der Waals surface area contributed by atoms with Gasteiger partial charge in [-0.1, -0.05) is 42.5 Å². The van der Waals surface area contributed by atoms with Crippen molar-refractivity contribution in [2.24, 2.45) is 0 Å². The van der Waals surface area contributed by atoms with Crippen LogP contribution in [0.4, 0.5) is 0 Å². The van der Waals surface area contributed by atoms with E-state index in [1.807, 2.05) is 54.6 Å². The third-order valence-electron chi connectivity index (χ3n) is 3.45. The molecule has 2 heterocycles. The van der Waals surface area contributed by atoms with Crippen LogP contribution < -0.4 is 4.74 Å². The first-order valence-corrected chi connectivity index (χ1v) is 6.65. The molecule has 4 nitrogen and oxygen atoms in total. The average Bonchev–Trinajstić information content (AvgIpc) is 2.84. The highest BCUT2D eigenvalue weighted by molar-refractivity contribution is 5.61. The Kier molecular flexibility index (Phi) is 2.52. The number of hydrogen-bond donors (Lipinski definition) is 0. The van der Waals surface area contributed by atoms with E-state index in [0.29, 0.717) is 6.61 Å². The molecule has 0 bridgehead atoms. The molecule has 98 valence electrons. The highest BCUT2D eigenvalue weighted by Gasteiger charge is 2.20. The number of hydrogen-bond acceptors (Lipinski definition) is 3. The Labute approximate surface area is 116 Å². The van der Waals surface area contributed by atoms with Crippen LogP contribution in [0.2, 0.25) is 0 Å². The quantitative estimate of drug-likeness (QED) is 0.677. The van der Waals surface area contributed by atoms with Crippen molar-refractivity contribution in [2.45, 2.75) is 6.42 Å². The van der Waals surface area contributed by atoms with Crippen LogP contribution >= 0.6 is 0 Å². The maximum atomic E-state index is 5.79. The number of ether oxygens (including phenoxy) is 1. The van der Waals surface area contributed by atoms with Crippen LogP contribution in [-0.4, -0.2) is 21.4 Å². The van der Waals surface area contributed by atoms with Crippen molar-refractivity contribution in [2.75, 3.05) is 6.61 Å². The van der Waals surface area contributed by atoms with E-state index in [1.54, 1.807) is 0 Å². The second kappa shape index (κ2) is 4.49. The zero-order chi connectivity index (χ0) is 13.4. The first-order valence-electron chi connectivity index (χ1n) is 6.65. The van der Waals surface area contributed by atoms with Gasteiger partial charge in [-0.2, -0.15) is 0 Å². The Bertz CT molecular complexity index is 749. The number of rotatable bonds is 1. The largest absolute Gasteiger partial charge is 0.491 e. The number of fused-ring (bicyclic) bond motifs is 3. The minimum atomic E-state index is 0.629. The summed E-state index contributed by atoms with van der Waals surface area (Å²) in [6, 6.07) is 18.1. The summed E-state index contributed by atoms with van der Waals surface area (Å²) < 4.78 is 7.89. The van der Waals surface area contributed by atoms with Crippen molar-refractivity contribution in [3.8, 4) is 22.8 Å². The molecule has 1 aliphatic heterocycles. The molecule has 0 N–H and O–H groups in total. The van der Waals surface area contributed by atoms with Gasteiger partial charge >= 0.3 is 0 Å². The number of para-hydroxylation sites is 2. The minimum absolute atomic E-state index is 0.629. The number of nitrogens with zero attached hydrogens (tertiary/aromatic N) is 3. The molecule has 0 atom stereocenters. The van der Waals surface area contributed by atoms with Gasteiger partial charge in [0.05, 0.1) is 12.3 Å². The summed E-state index contributed by atoms with van der Waals surface area (Å²) in [5.41, 5.74) is 2.06. The number of aromatic nitrogens is 3. The van der Waals surface area contributed by atoms with Gasteiger partial charge in [-0.05, 0) is 12.1 Å². The Morgan fingerprint density at radius 3 is 2.60 bits per heavy atom. The molecule has 1 aromatic heterocycles. The third kappa shape index (κ3) is 1.69. The first-order chi connectivity index (χ1) is 9.93. The van der Waals surface area contributed by atoms with Crippen LogP contribution in [0.5, 0.6) is 5.75 Å². The van der Waals surface area contributed by atoms with Gasteiger partial charge in [-0.25, -0.2) is 0 Å². The maximum Gasteiger partial charge on any atom is 0.168 e. The van der Waals surface area contributed by atoms with Gasteiger partial charge in [-0.3, -0.25) is 4.57 Å². The Morgan fingerprint density at radius 2 is 1.70 bits per heavy atom. The number of benzene rings is 2. The molecule has 0 unspecified atom stereocenters. The molecule has 0 aliphatic carbocycles. The van der Waals surface area contributed by atoms with Crippen LogP contribution in [0.3, 0.4) is 0 Å². The molecular weight excluding hydrogens is 250 g/mol. The summed E-state index contributed by atoms with van der Waals surface area (Å²) in [4.78, 5) is 0. The van der Waals surface area contributed by atoms with Crippen molar-refractivity contribution in [3.63, 3.8) is 0 Å². The van der Waals surface area contributed by atoms with Crippen LogP contribution in [-0.2, 0) is 6.42 Å². The van der Waals surface area contributed by atoms with E-state index in [9.17, 15) is 0 Å². The monoisotopic (exact) mass is 263 g/mol. The molecule has 0 fully saturated rings. The Hall–Kier alpha value is -2.62. The average molecular weight is 263 g/mol. The molecule has 20 heavy (non-hydrogen) atoms. The van der Waals surface area contributed by atoms with Gasteiger partial charge in [0.2, 0.25) is 0 Å². The van der Waals surface area contributed by atoms with Crippen molar-refractivity contribution < 1.29 is 4.74 Å². The highest BCUT2D eigenvalue weighted by Crippen LogP contribution is 2.31.